The largest absolute Gasteiger partial charge is 0.478 e. The third-order valence-electron chi connectivity index (χ3n) is 3.30. The molecule has 0 spiro atoms. The Labute approximate surface area is 117 Å². The van der Waals surface area contributed by atoms with Crippen LogP contribution >= 0.6 is 0 Å². The Hall–Kier alpha value is -2.43. The van der Waals surface area contributed by atoms with Gasteiger partial charge in [-0.2, -0.15) is 0 Å². The molecule has 0 atom stereocenters. The van der Waals surface area contributed by atoms with E-state index in [1.165, 1.54) is 17.7 Å². The Morgan fingerprint density at radius 3 is 2.35 bits per heavy atom. The molecule has 1 aromatic heterocycles. The molecule has 0 amide bonds. The molecule has 1 aromatic carbocycles. The fourth-order valence-electron chi connectivity index (χ4n) is 2.18. The Balaban J connectivity index is 2.23. The van der Waals surface area contributed by atoms with Gasteiger partial charge >= 0.3 is 5.97 Å². The minimum Gasteiger partial charge on any atom is -0.478 e. The minimum absolute atomic E-state index is 0.240. The van der Waals surface area contributed by atoms with E-state index in [0.717, 1.165) is 23.5 Å². The van der Waals surface area contributed by atoms with Crippen molar-refractivity contribution in [3.05, 3.63) is 46.6 Å². The Kier molecular flexibility index (Phi) is 3.98. The first kappa shape index (κ1) is 14.0. The van der Waals surface area contributed by atoms with Crippen LogP contribution in [0.4, 0.5) is 11.5 Å². The van der Waals surface area contributed by atoms with E-state index in [1.54, 1.807) is 12.1 Å². The van der Waals surface area contributed by atoms with Crippen LogP contribution in [0.1, 0.15) is 34.1 Å². The summed E-state index contributed by atoms with van der Waals surface area (Å²) in [5.74, 6) is -0.196. The molecule has 2 aromatic rings. The molecule has 0 bridgehead atoms. The fourth-order valence-corrected chi connectivity index (χ4v) is 2.18. The van der Waals surface area contributed by atoms with E-state index in [4.69, 9.17) is 5.11 Å². The number of aromatic carboxylic acids is 1. The van der Waals surface area contributed by atoms with Gasteiger partial charge in [0, 0.05) is 5.69 Å². The van der Waals surface area contributed by atoms with Crippen molar-refractivity contribution in [2.24, 2.45) is 10.2 Å². The van der Waals surface area contributed by atoms with E-state index in [0.29, 0.717) is 5.69 Å². The monoisotopic (exact) mass is 271 g/mol. The van der Waals surface area contributed by atoms with Crippen molar-refractivity contribution >= 4 is 17.5 Å². The molecule has 0 saturated carbocycles. The molecule has 0 unspecified atom stereocenters. The first-order chi connectivity index (χ1) is 9.52. The Bertz CT molecular complexity index is 655. The fraction of sp³-hybridized carbons (Fsp3) is 0.267. The molecule has 0 fully saturated rings. The molecule has 0 radical (unpaired) electrons. The zero-order chi connectivity index (χ0) is 14.7. The van der Waals surface area contributed by atoms with E-state index in [2.05, 4.69) is 22.1 Å². The van der Waals surface area contributed by atoms with Crippen LogP contribution in [0.25, 0.3) is 0 Å². The molecule has 104 valence electrons. The molecule has 2 rings (SSSR count). The number of nitrogens with one attached hydrogen (secondary N) is 1. The van der Waals surface area contributed by atoms with Gasteiger partial charge in [0.1, 0.15) is 0 Å². The van der Waals surface area contributed by atoms with Crippen LogP contribution in [-0.4, -0.2) is 16.1 Å². The zero-order valence-corrected chi connectivity index (χ0v) is 11.8. The van der Waals surface area contributed by atoms with Crippen molar-refractivity contribution in [1.82, 2.24) is 4.98 Å². The summed E-state index contributed by atoms with van der Waals surface area (Å²) in [5.41, 5.74) is 4.35. The van der Waals surface area contributed by atoms with Crippen molar-refractivity contribution < 1.29 is 9.90 Å². The number of H-pyrrole nitrogens is 1. The number of aromatic nitrogens is 1. The van der Waals surface area contributed by atoms with Crippen molar-refractivity contribution in [2.75, 3.05) is 0 Å². The summed E-state index contributed by atoms with van der Waals surface area (Å²) < 4.78 is 0. The number of carbonyl (C=O) groups is 1. The van der Waals surface area contributed by atoms with Crippen LogP contribution in [0.3, 0.4) is 0 Å². The number of benzene rings is 1. The summed E-state index contributed by atoms with van der Waals surface area (Å²) in [6.45, 7) is 6.14. The lowest BCUT2D eigenvalue weighted by Crippen LogP contribution is -1.93. The van der Waals surface area contributed by atoms with Crippen LogP contribution in [-0.2, 0) is 6.42 Å². The lowest BCUT2D eigenvalue weighted by Gasteiger charge is -1.96. The third-order valence-corrected chi connectivity index (χ3v) is 3.30. The second-order valence-electron chi connectivity index (χ2n) is 4.61. The predicted molar refractivity (Wildman–Crippen MR) is 77.2 cm³/mol. The number of rotatable bonds is 4. The highest BCUT2D eigenvalue weighted by molar-refractivity contribution is 5.87. The number of nitrogens with zero attached hydrogens (tertiary/aromatic N) is 2. The van der Waals surface area contributed by atoms with Crippen molar-refractivity contribution in [1.29, 1.82) is 0 Å². The zero-order valence-electron chi connectivity index (χ0n) is 11.8. The number of carboxylic acid groups (broad SMARTS) is 1. The SMILES string of the molecule is CCc1c(C)[nH]c(N=Nc2ccc(C(=O)O)cc2)c1C. The standard InChI is InChI=1S/C15H17N3O2/c1-4-13-9(2)14(16-10(13)3)18-17-12-7-5-11(6-8-12)15(19)20/h5-8,16H,4H2,1-3H3,(H,19,20). The van der Waals surface area contributed by atoms with Crippen molar-refractivity contribution in [3.8, 4) is 0 Å². The Morgan fingerprint density at radius 1 is 1.20 bits per heavy atom. The van der Waals surface area contributed by atoms with E-state index in [1.807, 2.05) is 13.8 Å². The van der Waals surface area contributed by atoms with E-state index >= 15 is 0 Å². The predicted octanol–water partition coefficient (Wildman–Crippen LogP) is 4.31. The van der Waals surface area contributed by atoms with E-state index in [9.17, 15) is 4.79 Å². The highest BCUT2D eigenvalue weighted by atomic mass is 16.4. The van der Waals surface area contributed by atoms with Gasteiger partial charge in [-0.1, -0.05) is 6.92 Å². The van der Waals surface area contributed by atoms with Crippen LogP contribution in [0.5, 0.6) is 0 Å². The quantitative estimate of drug-likeness (QED) is 0.813. The molecule has 5 heteroatoms. The highest BCUT2D eigenvalue weighted by Gasteiger charge is 2.09. The van der Waals surface area contributed by atoms with Crippen molar-refractivity contribution in [2.45, 2.75) is 27.2 Å². The average molecular weight is 271 g/mol. The van der Waals surface area contributed by atoms with E-state index < -0.39 is 5.97 Å². The molecular weight excluding hydrogens is 254 g/mol. The number of carboxylic acids is 1. The molecule has 0 aliphatic carbocycles. The third kappa shape index (κ3) is 2.77. The molecule has 1 heterocycles. The number of azo groups is 1. The van der Waals surface area contributed by atoms with Gasteiger partial charge in [-0.15, -0.1) is 10.2 Å². The van der Waals surface area contributed by atoms with Crippen LogP contribution in [0, 0.1) is 13.8 Å². The summed E-state index contributed by atoms with van der Waals surface area (Å²) in [5, 5.41) is 17.2. The summed E-state index contributed by atoms with van der Waals surface area (Å²) in [6.07, 6.45) is 0.955. The summed E-state index contributed by atoms with van der Waals surface area (Å²) >= 11 is 0. The summed E-state index contributed by atoms with van der Waals surface area (Å²) in [6, 6.07) is 6.31. The summed E-state index contributed by atoms with van der Waals surface area (Å²) in [4.78, 5) is 14.0. The maximum atomic E-state index is 10.8. The highest BCUT2D eigenvalue weighted by Crippen LogP contribution is 2.26. The number of aromatic amines is 1. The second-order valence-corrected chi connectivity index (χ2v) is 4.61. The van der Waals surface area contributed by atoms with Gasteiger partial charge in [-0.3, -0.25) is 0 Å². The van der Waals surface area contributed by atoms with Gasteiger partial charge in [-0.25, -0.2) is 4.79 Å². The molecule has 5 nitrogen and oxygen atoms in total. The number of hydrogen-bond acceptors (Lipinski definition) is 3. The van der Waals surface area contributed by atoms with Gasteiger partial charge in [0.25, 0.3) is 0 Å². The normalized spacial score (nSPS) is 11.2. The molecule has 20 heavy (non-hydrogen) atoms. The number of hydrogen-bond donors (Lipinski definition) is 2. The lowest BCUT2D eigenvalue weighted by atomic mass is 10.1. The van der Waals surface area contributed by atoms with Gasteiger partial charge in [0.15, 0.2) is 5.82 Å². The van der Waals surface area contributed by atoms with Gasteiger partial charge < -0.3 is 10.1 Å². The van der Waals surface area contributed by atoms with E-state index in [-0.39, 0.29) is 5.56 Å². The maximum Gasteiger partial charge on any atom is 0.335 e. The van der Waals surface area contributed by atoms with Gasteiger partial charge in [0.05, 0.1) is 11.3 Å². The average Bonchev–Trinajstić information content (AvgIpc) is 2.71. The van der Waals surface area contributed by atoms with Crippen molar-refractivity contribution in [3.63, 3.8) is 0 Å². The first-order valence-corrected chi connectivity index (χ1v) is 6.46. The number of aryl methyl sites for hydroxylation is 1. The van der Waals surface area contributed by atoms with Gasteiger partial charge in [0.2, 0.25) is 0 Å². The first-order valence-electron chi connectivity index (χ1n) is 6.46. The second kappa shape index (κ2) is 5.69. The maximum absolute atomic E-state index is 10.8. The molecular formula is C15H17N3O2. The lowest BCUT2D eigenvalue weighted by molar-refractivity contribution is 0.0697. The smallest absolute Gasteiger partial charge is 0.335 e. The van der Waals surface area contributed by atoms with Gasteiger partial charge in [-0.05, 0) is 55.7 Å². The molecule has 0 saturated heterocycles. The Morgan fingerprint density at radius 2 is 1.85 bits per heavy atom. The molecule has 0 aliphatic rings. The van der Waals surface area contributed by atoms with Crippen LogP contribution in [0.2, 0.25) is 0 Å². The molecule has 2 N–H and O–H groups in total. The topological polar surface area (TPSA) is 77.8 Å². The van der Waals surface area contributed by atoms with Crippen LogP contribution in [0.15, 0.2) is 34.5 Å². The summed E-state index contributed by atoms with van der Waals surface area (Å²) in [7, 11) is 0. The minimum atomic E-state index is -0.947. The molecule has 0 aliphatic heterocycles. The van der Waals surface area contributed by atoms with Crippen LogP contribution < -0.4 is 0 Å².